The van der Waals surface area contributed by atoms with Crippen molar-refractivity contribution < 1.29 is 19.1 Å². The quantitative estimate of drug-likeness (QED) is 0.638. The molecule has 0 aliphatic carbocycles. The highest BCUT2D eigenvalue weighted by molar-refractivity contribution is 5.79. The molecule has 0 radical (unpaired) electrons. The van der Waals surface area contributed by atoms with Crippen LogP contribution in [0, 0.1) is 6.92 Å². The summed E-state index contributed by atoms with van der Waals surface area (Å²) in [7, 11) is 0. The van der Waals surface area contributed by atoms with Crippen molar-refractivity contribution in [2.75, 3.05) is 13.2 Å². The van der Waals surface area contributed by atoms with E-state index in [1.165, 1.54) is 0 Å². The van der Waals surface area contributed by atoms with Crippen molar-refractivity contribution in [1.82, 2.24) is 5.32 Å². The van der Waals surface area contributed by atoms with Crippen molar-refractivity contribution in [2.24, 2.45) is 0 Å². The zero-order valence-electron chi connectivity index (χ0n) is 9.86. The van der Waals surface area contributed by atoms with Gasteiger partial charge in [0.05, 0.1) is 6.61 Å². The number of para-hydroxylation sites is 1. The molecule has 1 rings (SSSR count). The van der Waals surface area contributed by atoms with Crippen LogP contribution in [0.15, 0.2) is 24.3 Å². The van der Waals surface area contributed by atoms with E-state index in [1.807, 2.05) is 19.1 Å². The first kappa shape index (κ1) is 13.0. The molecule has 0 aliphatic heterocycles. The SMILES string of the molecule is CCOC(=O)NCC(=O)Oc1ccccc1C. The minimum atomic E-state index is -0.630. The Balaban J connectivity index is 2.40. The third-order valence-corrected chi connectivity index (χ3v) is 1.97. The molecule has 0 saturated carbocycles. The van der Waals surface area contributed by atoms with Gasteiger partial charge in [-0.15, -0.1) is 0 Å². The molecule has 0 spiro atoms. The maximum Gasteiger partial charge on any atom is 0.407 e. The molecule has 5 nitrogen and oxygen atoms in total. The number of carbonyl (C=O) groups excluding carboxylic acids is 2. The van der Waals surface area contributed by atoms with Crippen LogP contribution in [0.3, 0.4) is 0 Å². The fraction of sp³-hybridized carbons (Fsp3) is 0.333. The summed E-state index contributed by atoms with van der Waals surface area (Å²) in [5.74, 6) is -0.0458. The van der Waals surface area contributed by atoms with E-state index in [4.69, 9.17) is 4.74 Å². The molecule has 0 fully saturated rings. The summed E-state index contributed by atoms with van der Waals surface area (Å²) in [6, 6.07) is 7.15. The number of benzene rings is 1. The fourth-order valence-corrected chi connectivity index (χ4v) is 1.16. The third-order valence-electron chi connectivity index (χ3n) is 1.97. The molecule has 17 heavy (non-hydrogen) atoms. The van der Waals surface area contributed by atoms with Gasteiger partial charge in [0.15, 0.2) is 0 Å². The van der Waals surface area contributed by atoms with Crippen LogP contribution in [0.5, 0.6) is 5.75 Å². The molecule has 1 aromatic carbocycles. The van der Waals surface area contributed by atoms with E-state index in [1.54, 1.807) is 19.1 Å². The molecule has 1 amide bonds. The third kappa shape index (κ3) is 4.55. The Bertz CT molecular complexity index is 403. The summed E-state index contributed by atoms with van der Waals surface area (Å²) >= 11 is 0. The van der Waals surface area contributed by atoms with Crippen LogP contribution in [0.2, 0.25) is 0 Å². The van der Waals surface area contributed by atoms with E-state index < -0.39 is 12.1 Å². The summed E-state index contributed by atoms with van der Waals surface area (Å²) < 4.78 is 9.67. The Morgan fingerprint density at radius 2 is 2.00 bits per heavy atom. The summed E-state index contributed by atoms with van der Waals surface area (Å²) in [4.78, 5) is 22.3. The topological polar surface area (TPSA) is 64.6 Å². The molecule has 0 aromatic heterocycles. The second kappa shape index (κ2) is 6.52. The van der Waals surface area contributed by atoms with Crippen molar-refractivity contribution in [1.29, 1.82) is 0 Å². The van der Waals surface area contributed by atoms with Crippen LogP contribution >= 0.6 is 0 Å². The van der Waals surface area contributed by atoms with Gasteiger partial charge in [0.2, 0.25) is 0 Å². The Labute approximate surface area is 99.7 Å². The van der Waals surface area contributed by atoms with Crippen molar-refractivity contribution >= 4 is 12.1 Å². The molecule has 0 unspecified atom stereocenters. The van der Waals surface area contributed by atoms with Crippen molar-refractivity contribution in [2.45, 2.75) is 13.8 Å². The van der Waals surface area contributed by atoms with Crippen LogP contribution in [0.4, 0.5) is 4.79 Å². The lowest BCUT2D eigenvalue weighted by Gasteiger charge is -2.07. The molecule has 0 bridgehead atoms. The molecule has 92 valence electrons. The molecule has 1 N–H and O–H groups in total. The first-order chi connectivity index (χ1) is 8.13. The monoisotopic (exact) mass is 237 g/mol. The Morgan fingerprint density at radius 1 is 1.29 bits per heavy atom. The number of ether oxygens (including phenoxy) is 2. The lowest BCUT2D eigenvalue weighted by molar-refractivity contribution is -0.133. The van der Waals surface area contributed by atoms with E-state index in [0.29, 0.717) is 5.75 Å². The van der Waals surface area contributed by atoms with E-state index in [9.17, 15) is 9.59 Å². The Kier molecular flexibility index (Phi) is 5.00. The van der Waals surface area contributed by atoms with Gasteiger partial charge in [-0.1, -0.05) is 18.2 Å². The molecule has 0 heterocycles. The van der Waals surface area contributed by atoms with E-state index in [2.05, 4.69) is 10.1 Å². The van der Waals surface area contributed by atoms with E-state index in [0.717, 1.165) is 5.56 Å². The van der Waals surface area contributed by atoms with Gasteiger partial charge in [-0.3, -0.25) is 0 Å². The summed E-state index contributed by atoms with van der Waals surface area (Å²) in [5, 5.41) is 2.29. The number of carbonyl (C=O) groups is 2. The molecular weight excluding hydrogens is 222 g/mol. The number of esters is 1. The Hall–Kier alpha value is -2.04. The number of hydrogen-bond donors (Lipinski definition) is 1. The first-order valence-electron chi connectivity index (χ1n) is 5.30. The number of amides is 1. The number of aryl methyl sites for hydroxylation is 1. The number of rotatable bonds is 4. The highest BCUT2D eigenvalue weighted by Gasteiger charge is 2.08. The number of hydrogen-bond acceptors (Lipinski definition) is 4. The standard InChI is InChI=1S/C12H15NO4/c1-3-16-12(15)13-8-11(14)17-10-7-5-4-6-9(10)2/h4-7H,3,8H2,1-2H3,(H,13,15). The van der Waals surface area contributed by atoms with Gasteiger partial charge >= 0.3 is 12.1 Å². The summed E-state index contributed by atoms with van der Waals surface area (Å²) in [6.07, 6.45) is -0.630. The maximum atomic E-state index is 11.4. The summed E-state index contributed by atoms with van der Waals surface area (Å²) in [6.45, 7) is 3.57. The van der Waals surface area contributed by atoms with Crippen LogP contribution in [0.25, 0.3) is 0 Å². The van der Waals surface area contributed by atoms with E-state index in [-0.39, 0.29) is 13.2 Å². The molecule has 0 aliphatic rings. The largest absolute Gasteiger partial charge is 0.450 e. The number of nitrogens with one attached hydrogen (secondary N) is 1. The molecule has 0 atom stereocenters. The van der Waals surface area contributed by atoms with Gasteiger partial charge in [-0.05, 0) is 25.5 Å². The average molecular weight is 237 g/mol. The normalized spacial score (nSPS) is 9.53. The highest BCUT2D eigenvalue weighted by atomic mass is 16.6. The second-order valence-electron chi connectivity index (χ2n) is 3.31. The smallest absolute Gasteiger partial charge is 0.407 e. The summed E-state index contributed by atoms with van der Waals surface area (Å²) in [5.41, 5.74) is 0.858. The lowest BCUT2D eigenvalue weighted by atomic mass is 10.2. The number of alkyl carbamates (subject to hydrolysis) is 1. The zero-order chi connectivity index (χ0) is 12.7. The van der Waals surface area contributed by atoms with Gasteiger partial charge in [-0.2, -0.15) is 0 Å². The van der Waals surface area contributed by atoms with Crippen LogP contribution < -0.4 is 10.1 Å². The first-order valence-corrected chi connectivity index (χ1v) is 5.30. The minimum Gasteiger partial charge on any atom is -0.450 e. The second-order valence-corrected chi connectivity index (χ2v) is 3.31. The van der Waals surface area contributed by atoms with Gasteiger partial charge in [0.25, 0.3) is 0 Å². The molecule has 1 aromatic rings. The molecular formula is C12H15NO4. The average Bonchev–Trinajstić information content (AvgIpc) is 2.30. The van der Waals surface area contributed by atoms with Gasteiger partial charge < -0.3 is 14.8 Å². The maximum absolute atomic E-state index is 11.4. The fourth-order valence-electron chi connectivity index (χ4n) is 1.16. The van der Waals surface area contributed by atoms with Crippen LogP contribution in [-0.2, 0) is 9.53 Å². The van der Waals surface area contributed by atoms with Crippen molar-refractivity contribution in [3.05, 3.63) is 29.8 Å². The van der Waals surface area contributed by atoms with Crippen LogP contribution in [-0.4, -0.2) is 25.2 Å². The predicted molar refractivity (Wildman–Crippen MR) is 61.8 cm³/mol. The Morgan fingerprint density at radius 3 is 2.65 bits per heavy atom. The lowest BCUT2D eigenvalue weighted by Crippen LogP contribution is -2.32. The minimum absolute atomic E-state index is 0.215. The highest BCUT2D eigenvalue weighted by Crippen LogP contribution is 2.15. The molecule has 5 heteroatoms. The molecule has 0 saturated heterocycles. The van der Waals surface area contributed by atoms with Gasteiger partial charge in [0.1, 0.15) is 12.3 Å². The van der Waals surface area contributed by atoms with Crippen molar-refractivity contribution in [3.8, 4) is 5.75 Å². The van der Waals surface area contributed by atoms with Crippen molar-refractivity contribution in [3.63, 3.8) is 0 Å². The van der Waals surface area contributed by atoms with Gasteiger partial charge in [-0.25, -0.2) is 9.59 Å². The zero-order valence-corrected chi connectivity index (χ0v) is 9.86. The van der Waals surface area contributed by atoms with Gasteiger partial charge in [0, 0.05) is 0 Å². The van der Waals surface area contributed by atoms with Crippen LogP contribution in [0.1, 0.15) is 12.5 Å². The predicted octanol–water partition coefficient (Wildman–Crippen LogP) is 1.65. The van der Waals surface area contributed by atoms with E-state index >= 15 is 0 Å².